The Balaban J connectivity index is 0.00000225. The molecule has 0 aromatic heterocycles. The van der Waals surface area contributed by atoms with Crippen molar-refractivity contribution in [1.29, 1.82) is 0 Å². The topological polar surface area (TPSA) is 9.23 Å². The van der Waals surface area contributed by atoms with Gasteiger partial charge in [0.15, 0.2) is 0 Å². The standard InChI is InChI=1S/C10H11BF3O.K/c1-15-10-6-4-9(5-7-10)3-2-8-11(12,13)14;/h2-7H,8H2,1H3;/q-1;+1/b3-2+;. The first-order chi connectivity index (χ1) is 7.01. The van der Waals surface area contributed by atoms with Crippen LogP contribution in [0.15, 0.2) is 30.3 Å². The SMILES string of the molecule is COc1ccc(/C=C/C[B-](F)(F)F)cc1.[K+]. The smallest absolute Gasteiger partial charge is 0.497 e. The number of hydrogen-bond acceptors (Lipinski definition) is 1. The van der Waals surface area contributed by atoms with Crippen molar-refractivity contribution >= 4 is 13.1 Å². The molecule has 0 bridgehead atoms. The molecule has 0 saturated carbocycles. The summed E-state index contributed by atoms with van der Waals surface area (Å²) in [5.41, 5.74) is 0.732. The van der Waals surface area contributed by atoms with E-state index < -0.39 is 13.3 Å². The minimum Gasteiger partial charge on any atom is -0.497 e. The van der Waals surface area contributed by atoms with Gasteiger partial charge in [0.1, 0.15) is 5.75 Å². The molecule has 0 atom stereocenters. The third-order valence-electron chi connectivity index (χ3n) is 1.83. The third-order valence-corrected chi connectivity index (χ3v) is 1.83. The fraction of sp³-hybridized carbons (Fsp3) is 0.200. The summed E-state index contributed by atoms with van der Waals surface area (Å²) in [7, 11) is 1.54. The number of hydrogen-bond donors (Lipinski definition) is 0. The van der Waals surface area contributed by atoms with Crippen LogP contribution in [0.3, 0.4) is 0 Å². The van der Waals surface area contributed by atoms with Crippen molar-refractivity contribution in [2.45, 2.75) is 6.32 Å². The van der Waals surface area contributed by atoms with E-state index in [0.29, 0.717) is 5.75 Å². The zero-order chi connectivity index (χ0) is 11.3. The fourth-order valence-corrected chi connectivity index (χ4v) is 1.07. The minimum atomic E-state index is -4.72. The van der Waals surface area contributed by atoms with Crippen molar-refractivity contribution in [1.82, 2.24) is 0 Å². The summed E-state index contributed by atoms with van der Waals surface area (Å²) >= 11 is 0. The molecule has 0 fully saturated rings. The van der Waals surface area contributed by atoms with Gasteiger partial charge in [-0.15, -0.1) is 6.08 Å². The predicted molar refractivity (Wildman–Crippen MR) is 55.9 cm³/mol. The van der Waals surface area contributed by atoms with Crippen molar-refractivity contribution in [3.8, 4) is 5.75 Å². The molecule has 0 saturated heterocycles. The Morgan fingerprint density at radius 2 is 1.75 bits per heavy atom. The van der Waals surface area contributed by atoms with E-state index in [-0.39, 0.29) is 51.4 Å². The maximum atomic E-state index is 11.9. The molecule has 1 rings (SSSR count). The molecule has 16 heavy (non-hydrogen) atoms. The molecule has 0 unspecified atom stereocenters. The zero-order valence-electron chi connectivity index (χ0n) is 9.29. The van der Waals surface area contributed by atoms with Crippen molar-refractivity contribution in [2.75, 3.05) is 7.11 Å². The zero-order valence-corrected chi connectivity index (χ0v) is 12.4. The van der Waals surface area contributed by atoms with E-state index in [0.717, 1.165) is 11.6 Å². The van der Waals surface area contributed by atoms with Gasteiger partial charge >= 0.3 is 58.4 Å². The fourth-order valence-electron chi connectivity index (χ4n) is 1.07. The Kier molecular flexibility index (Phi) is 7.67. The van der Waals surface area contributed by atoms with Crippen LogP contribution in [0.1, 0.15) is 5.56 Å². The number of benzene rings is 1. The molecule has 0 N–H and O–H groups in total. The van der Waals surface area contributed by atoms with E-state index in [4.69, 9.17) is 4.74 Å². The van der Waals surface area contributed by atoms with Gasteiger partial charge in [-0.25, -0.2) is 0 Å². The van der Waals surface area contributed by atoms with Gasteiger partial charge in [-0.2, -0.15) is 0 Å². The van der Waals surface area contributed by atoms with Crippen LogP contribution >= 0.6 is 0 Å². The second kappa shape index (κ2) is 7.55. The summed E-state index contributed by atoms with van der Waals surface area (Å²) in [6.07, 6.45) is 1.74. The number of methoxy groups -OCH3 is 1. The molecule has 0 heterocycles. The summed E-state index contributed by atoms with van der Waals surface area (Å²) < 4.78 is 40.5. The van der Waals surface area contributed by atoms with Crippen LogP contribution in [-0.4, -0.2) is 14.1 Å². The van der Waals surface area contributed by atoms with Crippen LogP contribution < -0.4 is 56.1 Å². The molecule has 0 aliphatic rings. The Morgan fingerprint density at radius 3 is 2.19 bits per heavy atom. The average Bonchev–Trinajstić information content (AvgIpc) is 2.17. The quantitative estimate of drug-likeness (QED) is 0.713. The average molecular weight is 254 g/mol. The Labute approximate surface area is 136 Å². The number of halogens is 3. The van der Waals surface area contributed by atoms with Crippen LogP contribution in [0.4, 0.5) is 12.9 Å². The molecule has 1 aromatic carbocycles. The second-order valence-electron chi connectivity index (χ2n) is 3.12. The molecule has 0 amide bonds. The summed E-state index contributed by atoms with van der Waals surface area (Å²) in [6.45, 7) is -4.72. The van der Waals surface area contributed by atoms with Crippen molar-refractivity contribution in [3.05, 3.63) is 35.9 Å². The molecule has 0 radical (unpaired) electrons. The summed E-state index contributed by atoms with van der Waals surface area (Å²) in [6, 6.07) is 6.83. The third kappa shape index (κ3) is 6.75. The number of rotatable bonds is 4. The first-order valence-corrected chi connectivity index (χ1v) is 4.53. The van der Waals surface area contributed by atoms with E-state index in [9.17, 15) is 12.9 Å². The predicted octanol–water partition coefficient (Wildman–Crippen LogP) is 0.560. The summed E-state index contributed by atoms with van der Waals surface area (Å²) in [5, 5.41) is 0. The number of ether oxygens (including phenoxy) is 1. The maximum Gasteiger partial charge on any atom is 1.00 e. The van der Waals surface area contributed by atoms with Crippen molar-refractivity contribution in [3.63, 3.8) is 0 Å². The van der Waals surface area contributed by atoms with Crippen LogP contribution in [0.5, 0.6) is 5.75 Å². The van der Waals surface area contributed by atoms with E-state index in [2.05, 4.69) is 0 Å². The van der Waals surface area contributed by atoms with Gasteiger partial charge in [-0.1, -0.05) is 24.5 Å². The molecule has 1 aromatic rings. The minimum absolute atomic E-state index is 0. The maximum absolute atomic E-state index is 11.9. The molecule has 1 nitrogen and oxygen atoms in total. The molecular weight excluding hydrogens is 243 g/mol. The van der Waals surface area contributed by atoms with Gasteiger partial charge in [0.25, 0.3) is 0 Å². The van der Waals surface area contributed by atoms with E-state index in [1.807, 2.05) is 0 Å². The van der Waals surface area contributed by atoms with Gasteiger partial charge in [0, 0.05) is 0 Å². The van der Waals surface area contributed by atoms with Crippen LogP contribution in [-0.2, 0) is 0 Å². The monoisotopic (exact) mass is 254 g/mol. The molecular formula is C10H11BF3KO. The van der Waals surface area contributed by atoms with Crippen LogP contribution in [0.2, 0.25) is 6.32 Å². The van der Waals surface area contributed by atoms with E-state index in [1.165, 1.54) is 13.2 Å². The van der Waals surface area contributed by atoms with Crippen molar-refractivity contribution < 1.29 is 69.1 Å². The van der Waals surface area contributed by atoms with E-state index >= 15 is 0 Å². The molecule has 82 valence electrons. The van der Waals surface area contributed by atoms with Gasteiger partial charge in [0.2, 0.25) is 0 Å². The van der Waals surface area contributed by atoms with Gasteiger partial charge < -0.3 is 17.7 Å². The van der Waals surface area contributed by atoms with Crippen molar-refractivity contribution in [2.24, 2.45) is 0 Å². The van der Waals surface area contributed by atoms with Gasteiger partial charge in [0.05, 0.1) is 7.11 Å². The summed E-state index contributed by atoms with van der Waals surface area (Å²) in [4.78, 5) is 0. The number of allylic oxidation sites excluding steroid dienone is 1. The van der Waals surface area contributed by atoms with E-state index in [1.54, 1.807) is 24.3 Å². The Morgan fingerprint density at radius 1 is 1.19 bits per heavy atom. The Hall–Kier alpha value is 0.251. The molecule has 6 heteroatoms. The first-order valence-electron chi connectivity index (χ1n) is 4.53. The van der Waals surface area contributed by atoms with Crippen LogP contribution in [0.25, 0.3) is 6.08 Å². The second-order valence-corrected chi connectivity index (χ2v) is 3.12. The Bertz CT molecular complexity index is 335. The normalized spacial score (nSPS) is 11.2. The van der Waals surface area contributed by atoms with Crippen LogP contribution in [0, 0.1) is 0 Å². The molecule has 0 spiro atoms. The van der Waals surface area contributed by atoms with Gasteiger partial charge in [-0.05, 0) is 17.7 Å². The first kappa shape index (κ1) is 16.3. The summed E-state index contributed by atoms with van der Waals surface area (Å²) in [5.74, 6) is 0.687. The molecule has 0 aliphatic heterocycles. The van der Waals surface area contributed by atoms with Gasteiger partial charge in [-0.3, -0.25) is 0 Å². The largest absolute Gasteiger partial charge is 1.00 e. The molecule has 0 aliphatic carbocycles.